The number of nitrogens with two attached hydrogens (primary N) is 1. The van der Waals surface area contributed by atoms with Crippen LogP contribution in [0.2, 0.25) is 0 Å². The van der Waals surface area contributed by atoms with Crippen molar-refractivity contribution >= 4 is 15.7 Å². The zero-order chi connectivity index (χ0) is 15.1. The summed E-state index contributed by atoms with van der Waals surface area (Å²) in [6.45, 7) is 3.71. The molecule has 2 atom stereocenters. The molecule has 7 nitrogen and oxygen atoms in total. The van der Waals surface area contributed by atoms with Gasteiger partial charge >= 0.3 is 0 Å². The lowest BCUT2D eigenvalue weighted by atomic mass is 10.2. The molecule has 1 aliphatic rings. The van der Waals surface area contributed by atoms with Gasteiger partial charge in [0.25, 0.3) is 5.69 Å². The Morgan fingerprint density at radius 1 is 1.45 bits per heavy atom. The average molecular weight is 299 g/mol. The summed E-state index contributed by atoms with van der Waals surface area (Å²) in [5.41, 5.74) is 6.10. The summed E-state index contributed by atoms with van der Waals surface area (Å²) in [6, 6.07) is 3.35. The molecule has 1 saturated heterocycles. The predicted octanol–water partition coefficient (Wildman–Crippen LogP) is 1.01. The molecule has 0 amide bonds. The van der Waals surface area contributed by atoms with E-state index in [1.165, 1.54) is 16.4 Å². The van der Waals surface area contributed by atoms with E-state index in [2.05, 4.69) is 0 Å². The predicted molar refractivity (Wildman–Crippen MR) is 73.8 cm³/mol. The highest BCUT2D eigenvalue weighted by molar-refractivity contribution is 7.89. The van der Waals surface area contributed by atoms with Gasteiger partial charge in [-0.2, -0.15) is 4.31 Å². The molecule has 1 aromatic carbocycles. The standard InChI is InChI=1S/C12H17N3O4S/c1-8-3-4-10(15(16)17)7-12(8)20(18,19)14-6-5-11(13)9(14)2/h3-4,7,9,11H,5-6,13H2,1-2H3. The van der Waals surface area contributed by atoms with E-state index >= 15 is 0 Å². The van der Waals surface area contributed by atoms with Gasteiger partial charge in [0.05, 0.1) is 9.82 Å². The molecule has 1 aliphatic heterocycles. The Bertz CT molecular complexity index is 644. The van der Waals surface area contributed by atoms with Crippen molar-refractivity contribution in [1.29, 1.82) is 0 Å². The number of nitro groups is 1. The first kappa shape index (κ1) is 14.9. The summed E-state index contributed by atoms with van der Waals surface area (Å²) in [5, 5.41) is 10.8. The zero-order valence-electron chi connectivity index (χ0n) is 11.3. The third kappa shape index (κ3) is 2.41. The monoisotopic (exact) mass is 299 g/mol. The Kier molecular flexibility index (Phi) is 3.81. The first-order valence-corrected chi connectivity index (χ1v) is 7.71. The molecule has 1 aromatic rings. The van der Waals surface area contributed by atoms with Crippen molar-refractivity contribution in [3.05, 3.63) is 33.9 Å². The Labute approximate surface area is 117 Å². The van der Waals surface area contributed by atoms with Crippen molar-refractivity contribution in [3.63, 3.8) is 0 Å². The van der Waals surface area contributed by atoms with Gasteiger partial charge in [0.1, 0.15) is 0 Å². The van der Waals surface area contributed by atoms with Crippen LogP contribution in [0.15, 0.2) is 23.1 Å². The van der Waals surface area contributed by atoms with E-state index in [-0.39, 0.29) is 22.7 Å². The smallest absolute Gasteiger partial charge is 0.270 e. The summed E-state index contributed by atoms with van der Waals surface area (Å²) in [4.78, 5) is 10.2. The molecule has 1 fully saturated rings. The molecule has 110 valence electrons. The Morgan fingerprint density at radius 2 is 2.10 bits per heavy atom. The summed E-state index contributed by atoms with van der Waals surface area (Å²) in [7, 11) is -3.76. The number of non-ortho nitro benzene ring substituents is 1. The molecule has 0 spiro atoms. The van der Waals surface area contributed by atoms with Gasteiger partial charge in [0.15, 0.2) is 0 Å². The van der Waals surface area contributed by atoms with Crippen LogP contribution < -0.4 is 5.73 Å². The second kappa shape index (κ2) is 5.12. The molecule has 8 heteroatoms. The van der Waals surface area contributed by atoms with Crippen LogP contribution in [0.5, 0.6) is 0 Å². The van der Waals surface area contributed by atoms with E-state index in [0.29, 0.717) is 18.5 Å². The van der Waals surface area contributed by atoms with Gasteiger partial charge in [0, 0.05) is 30.8 Å². The van der Waals surface area contributed by atoms with Gasteiger partial charge in [-0.1, -0.05) is 6.07 Å². The minimum Gasteiger partial charge on any atom is -0.326 e. The lowest BCUT2D eigenvalue weighted by Gasteiger charge is -2.23. The second-order valence-electron chi connectivity index (χ2n) is 5.02. The SMILES string of the molecule is Cc1ccc([N+](=O)[O-])cc1S(=O)(=O)N1CCC(N)C1C. The van der Waals surface area contributed by atoms with Gasteiger partial charge in [-0.25, -0.2) is 8.42 Å². The van der Waals surface area contributed by atoms with E-state index in [4.69, 9.17) is 5.73 Å². The number of sulfonamides is 1. The molecule has 0 aliphatic carbocycles. The zero-order valence-corrected chi connectivity index (χ0v) is 12.1. The maximum Gasteiger partial charge on any atom is 0.270 e. The Balaban J connectivity index is 2.49. The average Bonchev–Trinajstić information content (AvgIpc) is 2.70. The third-order valence-electron chi connectivity index (χ3n) is 3.73. The largest absolute Gasteiger partial charge is 0.326 e. The number of hydrogen-bond donors (Lipinski definition) is 1. The fourth-order valence-electron chi connectivity index (χ4n) is 2.38. The van der Waals surface area contributed by atoms with Gasteiger partial charge in [-0.15, -0.1) is 0 Å². The first-order chi connectivity index (χ1) is 9.25. The van der Waals surface area contributed by atoms with Crippen LogP contribution in [0, 0.1) is 17.0 Å². The maximum absolute atomic E-state index is 12.6. The number of benzene rings is 1. The number of nitro benzene ring substituents is 1. The molecule has 2 unspecified atom stereocenters. The molecule has 1 heterocycles. The van der Waals surface area contributed by atoms with Crippen molar-refractivity contribution in [2.24, 2.45) is 5.73 Å². The normalized spacial score (nSPS) is 23.9. The number of aryl methyl sites for hydroxylation is 1. The minimum absolute atomic E-state index is 0.0207. The molecule has 2 N–H and O–H groups in total. The summed E-state index contributed by atoms with van der Waals surface area (Å²) in [6.07, 6.45) is 0.592. The highest BCUT2D eigenvalue weighted by Gasteiger charge is 2.38. The quantitative estimate of drug-likeness (QED) is 0.662. The van der Waals surface area contributed by atoms with Gasteiger partial charge in [-0.3, -0.25) is 10.1 Å². The molecule has 0 bridgehead atoms. The summed E-state index contributed by atoms with van der Waals surface area (Å²) >= 11 is 0. The molecule has 2 rings (SSSR count). The fraction of sp³-hybridized carbons (Fsp3) is 0.500. The second-order valence-corrected chi connectivity index (χ2v) is 6.87. The van der Waals surface area contributed by atoms with E-state index in [9.17, 15) is 18.5 Å². The summed E-state index contributed by atoms with van der Waals surface area (Å²) < 4.78 is 26.6. The Morgan fingerprint density at radius 3 is 2.60 bits per heavy atom. The van der Waals surface area contributed by atoms with Crippen molar-refractivity contribution in [1.82, 2.24) is 4.31 Å². The molecular formula is C12H17N3O4S. The molecule has 0 radical (unpaired) electrons. The van der Waals surface area contributed by atoms with Gasteiger partial charge in [0.2, 0.25) is 10.0 Å². The van der Waals surface area contributed by atoms with Crippen molar-refractivity contribution in [3.8, 4) is 0 Å². The highest BCUT2D eigenvalue weighted by Crippen LogP contribution is 2.29. The lowest BCUT2D eigenvalue weighted by Crippen LogP contribution is -2.40. The van der Waals surface area contributed by atoms with E-state index in [1.807, 2.05) is 0 Å². The number of nitrogens with zero attached hydrogens (tertiary/aromatic N) is 2. The van der Waals surface area contributed by atoms with Crippen LogP contribution in [0.25, 0.3) is 0 Å². The number of rotatable bonds is 3. The van der Waals surface area contributed by atoms with Crippen molar-refractivity contribution in [2.45, 2.75) is 37.2 Å². The first-order valence-electron chi connectivity index (χ1n) is 6.27. The van der Waals surface area contributed by atoms with Crippen LogP contribution in [-0.4, -0.2) is 36.3 Å². The maximum atomic E-state index is 12.6. The van der Waals surface area contributed by atoms with Gasteiger partial charge < -0.3 is 5.73 Å². The molecule has 20 heavy (non-hydrogen) atoms. The third-order valence-corrected chi connectivity index (χ3v) is 5.85. The van der Waals surface area contributed by atoms with Gasteiger partial charge in [-0.05, 0) is 25.8 Å². The van der Waals surface area contributed by atoms with Crippen LogP contribution in [0.1, 0.15) is 18.9 Å². The van der Waals surface area contributed by atoms with Crippen molar-refractivity contribution < 1.29 is 13.3 Å². The van der Waals surface area contributed by atoms with E-state index < -0.39 is 14.9 Å². The van der Waals surface area contributed by atoms with E-state index in [1.54, 1.807) is 13.8 Å². The fourth-order valence-corrected chi connectivity index (χ4v) is 4.32. The Hall–Kier alpha value is -1.51. The van der Waals surface area contributed by atoms with Crippen molar-refractivity contribution in [2.75, 3.05) is 6.54 Å². The minimum atomic E-state index is -3.76. The van der Waals surface area contributed by atoms with Crippen LogP contribution in [0.4, 0.5) is 5.69 Å². The highest BCUT2D eigenvalue weighted by atomic mass is 32.2. The molecule has 0 aromatic heterocycles. The number of hydrogen-bond acceptors (Lipinski definition) is 5. The topological polar surface area (TPSA) is 107 Å². The molecular weight excluding hydrogens is 282 g/mol. The van der Waals surface area contributed by atoms with Crippen LogP contribution >= 0.6 is 0 Å². The van der Waals surface area contributed by atoms with Crippen LogP contribution in [-0.2, 0) is 10.0 Å². The lowest BCUT2D eigenvalue weighted by molar-refractivity contribution is -0.385. The van der Waals surface area contributed by atoms with E-state index in [0.717, 1.165) is 6.07 Å². The molecule has 0 saturated carbocycles. The summed E-state index contributed by atoms with van der Waals surface area (Å²) in [5.74, 6) is 0. The van der Waals surface area contributed by atoms with Crippen LogP contribution in [0.3, 0.4) is 0 Å².